The largest absolute Gasteiger partial charge is 0.381 e. The fourth-order valence-electron chi connectivity index (χ4n) is 3.07. The molecule has 2 heterocycles. The molecular weight excluding hydrogens is 325 g/mol. The summed E-state index contributed by atoms with van der Waals surface area (Å²) in [5.74, 6) is -0.216. The zero-order chi connectivity index (χ0) is 14.0. The summed E-state index contributed by atoms with van der Waals surface area (Å²) in [6.07, 6.45) is 3.71. The first-order chi connectivity index (χ1) is 9.67. The molecule has 2 saturated heterocycles. The molecule has 0 aliphatic carbocycles. The van der Waals surface area contributed by atoms with Crippen LogP contribution in [0, 0.1) is 5.82 Å². The summed E-state index contributed by atoms with van der Waals surface area (Å²) in [6.45, 7) is 2.26. The molecule has 0 aromatic heterocycles. The van der Waals surface area contributed by atoms with Crippen LogP contribution in [0.4, 0.5) is 10.1 Å². The van der Waals surface area contributed by atoms with Crippen molar-refractivity contribution in [3.8, 4) is 0 Å². The molecule has 2 aliphatic heterocycles. The monoisotopic (exact) mass is 343 g/mol. The zero-order valence-electron chi connectivity index (χ0n) is 11.3. The van der Waals surface area contributed by atoms with Gasteiger partial charge in [-0.15, -0.1) is 0 Å². The molecule has 1 aromatic carbocycles. The highest BCUT2D eigenvalue weighted by Crippen LogP contribution is 2.35. The third kappa shape index (κ3) is 3.15. The smallest absolute Gasteiger partial charge is 0.147 e. The van der Waals surface area contributed by atoms with Gasteiger partial charge in [-0.25, -0.2) is 4.39 Å². The highest BCUT2D eigenvalue weighted by atomic mass is 79.9. The minimum Gasteiger partial charge on any atom is -0.381 e. The lowest BCUT2D eigenvalue weighted by molar-refractivity contribution is -0.135. The van der Waals surface area contributed by atoms with Gasteiger partial charge in [0.05, 0.1) is 11.3 Å². The Hall–Kier alpha value is -0.650. The fraction of sp³-hybridized carbons (Fsp3) is 0.600. The Bertz CT molecular complexity index is 471. The second-order valence-corrected chi connectivity index (χ2v) is 6.52. The van der Waals surface area contributed by atoms with Gasteiger partial charge in [0.15, 0.2) is 0 Å². The summed E-state index contributed by atoms with van der Waals surface area (Å²) in [4.78, 5) is 0. The first-order valence-electron chi connectivity index (χ1n) is 7.10. The first kappa shape index (κ1) is 14.3. The van der Waals surface area contributed by atoms with Gasteiger partial charge in [0, 0.05) is 30.3 Å². The number of ether oxygens (including phenoxy) is 2. The molecule has 5 heteroatoms. The summed E-state index contributed by atoms with van der Waals surface area (Å²) in [5, 5.41) is 3.33. The predicted octanol–water partition coefficient (Wildman–Crippen LogP) is 3.73. The van der Waals surface area contributed by atoms with Crippen LogP contribution in [0.2, 0.25) is 0 Å². The van der Waals surface area contributed by atoms with Crippen LogP contribution < -0.4 is 5.32 Å². The zero-order valence-corrected chi connectivity index (χ0v) is 12.9. The average Bonchev–Trinajstić information content (AvgIpc) is 2.43. The van der Waals surface area contributed by atoms with Gasteiger partial charge in [0.25, 0.3) is 0 Å². The number of benzene rings is 1. The van der Waals surface area contributed by atoms with Gasteiger partial charge in [0.2, 0.25) is 0 Å². The Labute approximate surface area is 127 Å². The number of anilines is 1. The van der Waals surface area contributed by atoms with Gasteiger partial charge in [-0.05, 0) is 43.9 Å². The van der Waals surface area contributed by atoms with Gasteiger partial charge in [-0.2, -0.15) is 0 Å². The molecule has 1 spiro atoms. The van der Waals surface area contributed by atoms with E-state index in [0.29, 0.717) is 5.69 Å². The lowest BCUT2D eigenvalue weighted by Gasteiger charge is -2.43. The topological polar surface area (TPSA) is 30.5 Å². The lowest BCUT2D eigenvalue weighted by Crippen LogP contribution is -2.47. The molecule has 3 nitrogen and oxygen atoms in total. The van der Waals surface area contributed by atoms with Crippen molar-refractivity contribution < 1.29 is 13.9 Å². The van der Waals surface area contributed by atoms with Crippen LogP contribution in [-0.2, 0) is 9.47 Å². The Morgan fingerprint density at radius 3 is 2.80 bits per heavy atom. The quantitative estimate of drug-likeness (QED) is 0.887. The van der Waals surface area contributed by atoms with E-state index in [-0.39, 0.29) is 17.5 Å². The molecule has 20 heavy (non-hydrogen) atoms. The molecule has 0 radical (unpaired) electrons. The molecule has 1 atom stereocenters. The van der Waals surface area contributed by atoms with E-state index < -0.39 is 0 Å². The molecule has 110 valence electrons. The van der Waals surface area contributed by atoms with Crippen molar-refractivity contribution in [3.05, 3.63) is 28.5 Å². The van der Waals surface area contributed by atoms with Crippen LogP contribution >= 0.6 is 15.9 Å². The van der Waals surface area contributed by atoms with E-state index in [1.807, 2.05) is 6.07 Å². The fourth-order valence-corrected chi connectivity index (χ4v) is 3.40. The van der Waals surface area contributed by atoms with Crippen molar-refractivity contribution in [3.63, 3.8) is 0 Å². The van der Waals surface area contributed by atoms with Crippen molar-refractivity contribution in [2.75, 3.05) is 25.1 Å². The van der Waals surface area contributed by atoms with Crippen LogP contribution in [0.25, 0.3) is 0 Å². The minimum atomic E-state index is -0.216. The van der Waals surface area contributed by atoms with Crippen LogP contribution in [0.5, 0.6) is 0 Å². The Morgan fingerprint density at radius 2 is 2.05 bits per heavy atom. The van der Waals surface area contributed by atoms with E-state index in [4.69, 9.17) is 9.47 Å². The van der Waals surface area contributed by atoms with Gasteiger partial charge in [-0.1, -0.05) is 15.9 Å². The number of hydrogen-bond acceptors (Lipinski definition) is 3. The average molecular weight is 344 g/mol. The predicted molar refractivity (Wildman–Crippen MR) is 79.5 cm³/mol. The van der Waals surface area contributed by atoms with Crippen molar-refractivity contribution in [2.24, 2.45) is 0 Å². The molecule has 3 rings (SSSR count). The van der Waals surface area contributed by atoms with E-state index >= 15 is 0 Å². The van der Waals surface area contributed by atoms with E-state index in [9.17, 15) is 4.39 Å². The normalized spacial score (nSPS) is 25.6. The first-order valence-corrected chi connectivity index (χ1v) is 7.89. The van der Waals surface area contributed by atoms with Crippen LogP contribution in [-0.4, -0.2) is 31.5 Å². The highest BCUT2D eigenvalue weighted by Gasteiger charge is 2.39. The molecule has 2 aliphatic rings. The molecule has 2 fully saturated rings. The van der Waals surface area contributed by atoms with E-state index in [1.54, 1.807) is 6.07 Å². The van der Waals surface area contributed by atoms with E-state index in [2.05, 4.69) is 21.2 Å². The van der Waals surface area contributed by atoms with Crippen LogP contribution in [0.3, 0.4) is 0 Å². The van der Waals surface area contributed by atoms with Crippen molar-refractivity contribution in [2.45, 2.75) is 37.3 Å². The third-order valence-corrected chi connectivity index (χ3v) is 4.68. The van der Waals surface area contributed by atoms with E-state index in [0.717, 1.165) is 50.0 Å². The molecule has 0 amide bonds. The molecule has 1 aromatic rings. The van der Waals surface area contributed by atoms with Gasteiger partial charge < -0.3 is 14.8 Å². The number of halogens is 2. The summed E-state index contributed by atoms with van der Waals surface area (Å²) in [6, 6.07) is 5.39. The van der Waals surface area contributed by atoms with Gasteiger partial charge in [-0.3, -0.25) is 0 Å². The Balaban J connectivity index is 1.68. The third-order valence-electron chi connectivity index (χ3n) is 4.19. The van der Waals surface area contributed by atoms with Crippen molar-refractivity contribution >= 4 is 21.6 Å². The maximum Gasteiger partial charge on any atom is 0.147 e. The highest BCUT2D eigenvalue weighted by molar-refractivity contribution is 9.10. The second kappa shape index (κ2) is 6.00. The Kier molecular flexibility index (Phi) is 4.29. The Morgan fingerprint density at radius 1 is 1.25 bits per heavy atom. The molecule has 0 bridgehead atoms. The number of hydrogen-bond donors (Lipinski definition) is 1. The number of nitrogens with one attached hydrogen (secondary N) is 1. The molecular formula is C15H19BrFNO2. The van der Waals surface area contributed by atoms with Crippen molar-refractivity contribution in [1.82, 2.24) is 0 Å². The van der Waals surface area contributed by atoms with Crippen LogP contribution in [0.15, 0.2) is 22.7 Å². The summed E-state index contributed by atoms with van der Waals surface area (Å²) < 4.78 is 26.1. The molecule has 1 N–H and O–H groups in total. The van der Waals surface area contributed by atoms with E-state index in [1.165, 1.54) is 6.07 Å². The molecule has 1 unspecified atom stereocenters. The van der Waals surface area contributed by atoms with Gasteiger partial charge in [0.1, 0.15) is 5.82 Å². The second-order valence-electron chi connectivity index (χ2n) is 5.60. The SMILES string of the molecule is Fc1cc(Br)ccc1NC1CCOC2(CCOCC2)C1. The van der Waals surface area contributed by atoms with Gasteiger partial charge >= 0.3 is 0 Å². The van der Waals surface area contributed by atoms with Crippen LogP contribution in [0.1, 0.15) is 25.7 Å². The maximum absolute atomic E-state index is 13.9. The minimum absolute atomic E-state index is 0.0694. The standard InChI is InChI=1S/C15H19BrFNO2/c16-11-1-2-14(13(17)9-11)18-12-3-6-20-15(10-12)4-7-19-8-5-15/h1-2,9,12,18H,3-8,10H2. The summed E-state index contributed by atoms with van der Waals surface area (Å²) in [5.41, 5.74) is 0.502. The number of rotatable bonds is 2. The summed E-state index contributed by atoms with van der Waals surface area (Å²) >= 11 is 3.28. The lowest BCUT2D eigenvalue weighted by atomic mass is 9.84. The molecule has 0 saturated carbocycles. The maximum atomic E-state index is 13.9. The summed E-state index contributed by atoms with van der Waals surface area (Å²) in [7, 11) is 0. The van der Waals surface area contributed by atoms with Crippen molar-refractivity contribution in [1.29, 1.82) is 0 Å².